The fourth-order valence-corrected chi connectivity index (χ4v) is 1.41. The fourth-order valence-electron chi connectivity index (χ4n) is 1.41. The number of aliphatic hydroxyl groups is 1. The van der Waals surface area contributed by atoms with Gasteiger partial charge in [0.25, 0.3) is 5.91 Å². The minimum Gasteiger partial charge on any atom is -0.481 e. The monoisotopic (exact) mass is 269 g/mol. The Kier molecular flexibility index (Phi) is 5.76. The molecule has 0 saturated carbocycles. The zero-order valence-corrected chi connectivity index (χ0v) is 11.4. The molecule has 1 atom stereocenters. The van der Waals surface area contributed by atoms with Crippen LogP contribution in [0, 0.1) is 11.7 Å². The molecule has 1 aromatic carbocycles. The van der Waals surface area contributed by atoms with Crippen LogP contribution in [0.2, 0.25) is 0 Å². The van der Waals surface area contributed by atoms with E-state index in [4.69, 9.17) is 4.74 Å². The molecule has 2 N–H and O–H groups in total. The van der Waals surface area contributed by atoms with Crippen LogP contribution in [0.5, 0.6) is 5.75 Å². The Morgan fingerprint density at radius 3 is 2.63 bits per heavy atom. The first-order valence-electron chi connectivity index (χ1n) is 6.27. The molecular formula is C14H20FNO3. The number of ether oxygens (including phenoxy) is 1. The van der Waals surface area contributed by atoms with Gasteiger partial charge in [-0.3, -0.25) is 4.79 Å². The maximum absolute atomic E-state index is 13.6. The Labute approximate surface area is 112 Å². The molecule has 0 fully saturated rings. The number of nitrogens with one attached hydrogen (secondary N) is 1. The molecule has 1 aromatic rings. The number of carbonyl (C=O) groups is 1. The number of halogens is 1. The van der Waals surface area contributed by atoms with Crippen molar-refractivity contribution in [2.75, 3.05) is 13.2 Å². The van der Waals surface area contributed by atoms with Crippen LogP contribution >= 0.6 is 0 Å². The van der Waals surface area contributed by atoms with Gasteiger partial charge in [-0.25, -0.2) is 4.39 Å². The first-order valence-corrected chi connectivity index (χ1v) is 6.27. The minimum atomic E-state index is -0.738. The summed E-state index contributed by atoms with van der Waals surface area (Å²) in [6.45, 7) is 5.85. The molecule has 106 valence electrons. The van der Waals surface area contributed by atoms with E-state index in [1.54, 1.807) is 13.0 Å². The van der Waals surface area contributed by atoms with Gasteiger partial charge in [-0.1, -0.05) is 19.9 Å². The highest BCUT2D eigenvalue weighted by Gasteiger charge is 2.10. The van der Waals surface area contributed by atoms with Crippen LogP contribution in [0.3, 0.4) is 0 Å². The molecule has 5 heteroatoms. The van der Waals surface area contributed by atoms with Gasteiger partial charge in [0.05, 0.1) is 6.10 Å². The molecule has 0 aliphatic heterocycles. The Morgan fingerprint density at radius 1 is 1.42 bits per heavy atom. The molecule has 1 unspecified atom stereocenters. The number of amides is 1. The third kappa shape index (κ3) is 5.26. The second-order valence-electron chi connectivity index (χ2n) is 4.85. The molecule has 0 saturated heterocycles. The summed E-state index contributed by atoms with van der Waals surface area (Å²) in [5, 5.41) is 12.0. The van der Waals surface area contributed by atoms with Crippen molar-refractivity contribution in [1.82, 2.24) is 5.32 Å². The van der Waals surface area contributed by atoms with Crippen molar-refractivity contribution in [1.29, 1.82) is 0 Å². The molecule has 0 aliphatic rings. The van der Waals surface area contributed by atoms with Crippen molar-refractivity contribution in [2.24, 2.45) is 5.92 Å². The van der Waals surface area contributed by atoms with E-state index >= 15 is 0 Å². The van der Waals surface area contributed by atoms with Crippen LogP contribution in [0.25, 0.3) is 0 Å². The van der Waals surface area contributed by atoms with Crippen LogP contribution in [0.1, 0.15) is 32.4 Å². The molecule has 1 amide bonds. The lowest BCUT2D eigenvalue weighted by atomic mass is 10.1. The molecule has 0 aromatic heterocycles. The highest BCUT2D eigenvalue weighted by atomic mass is 19.1. The molecule has 0 radical (unpaired) electrons. The summed E-state index contributed by atoms with van der Waals surface area (Å²) in [5.74, 6) is -0.516. The Morgan fingerprint density at radius 2 is 2.11 bits per heavy atom. The van der Waals surface area contributed by atoms with Crippen molar-refractivity contribution >= 4 is 5.91 Å². The predicted octanol–water partition coefficient (Wildman–Crippen LogP) is 2.03. The molecule has 0 heterocycles. The number of aliphatic hydroxyl groups excluding tert-OH is 1. The molecule has 19 heavy (non-hydrogen) atoms. The lowest BCUT2D eigenvalue weighted by Crippen LogP contribution is -2.31. The first-order chi connectivity index (χ1) is 8.90. The van der Waals surface area contributed by atoms with Gasteiger partial charge >= 0.3 is 0 Å². The van der Waals surface area contributed by atoms with E-state index in [0.717, 1.165) is 0 Å². The second-order valence-corrected chi connectivity index (χ2v) is 4.85. The summed E-state index contributed by atoms with van der Waals surface area (Å²) < 4.78 is 18.7. The zero-order valence-electron chi connectivity index (χ0n) is 11.4. The summed E-state index contributed by atoms with van der Waals surface area (Å²) in [6, 6.07) is 4.17. The quantitative estimate of drug-likeness (QED) is 0.830. The van der Waals surface area contributed by atoms with Gasteiger partial charge < -0.3 is 15.2 Å². The molecule has 0 spiro atoms. The maximum atomic E-state index is 13.6. The number of benzene rings is 1. The van der Waals surface area contributed by atoms with E-state index in [1.807, 2.05) is 13.8 Å². The Bertz CT molecular complexity index is 433. The lowest BCUT2D eigenvalue weighted by Gasteiger charge is -2.11. The van der Waals surface area contributed by atoms with Gasteiger partial charge in [-0.05, 0) is 30.5 Å². The van der Waals surface area contributed by atoms with Gasteiger partial charge in [-0.15, -0.1) is 0 Å². The highest BCUT2D eigenvalue weighted by Crippen LogP contribution is 2.21. The lowest BCUT2D eigenvalue weighted by molar-refractivity contribution is -0.123. The van der Waals surface area contributed by atoms with E-state index in [9.17, 15) is 14.3 Å². The van der Waals surface area contributed by atoms with E-state index in [1.165, 1.54) is 12.1 Å². The summed E-state index contributed by atoms with van der Waals surface area (Å²) in [6.07, 6.45) is -0.738. The van der Waals surface area contributed by atoms with E-state index in [0.29, 0.717) is 18.0 Å². The van der Waals surface area contributed by atoms with Gasteiger partial charge in [0.1, 0.15) is 0 Å². The van der Waals surface area contributed by atoms with Gasteiger partial charge in [-0.2, -0.15) is 0 Å². The summed E-state index contributed by atoms with van der Waals surface area (Å²) >= 11 is 0. The average molecular weight is 269 g/mol. The molecule has 4 nitrogen and oxygen atoms in total. The smallest absolute Gasteiger partial charge is 0.257 e. The molecular weight excluding hydrogens is 249 g/mol. The Hall–Kier alpha value is -1.62. The minimum absolute atomic E-state index is 0.00379. The number of hydrogen-bond donors (Lipinski definition) is 2. The van der Waals surface area contributed by atoms with Crippen molar-refractivity contribution in [2.45, 2.75) is 26.9 Å². The van der Waals surface area contributed by atoms with Crippen molar-refractivity contribution in [3.8, 4) is 5.75 Å². The second kappa shape index (κ2) is 7.09. The fraction of sp³-hybridized carbons (Fsp3) is 0.500. The average Bonchev–Trinajstić information content (AvgIpc) is 2.34. The Balaban J connectivity index is 2.51. The van der Waals surface area contributed by atoms with Crippen LogP contribution < -0.4 is 10.1 Å². The molecule has 1 rings (SSSR count). The topological polar surface area (TPSA) is 58.6 Å². The number of rotatable bonds is 6. The van der Waals surface area contributed by atoms with E-state index in [2.05, 4.69) is 5.32 Å². The normalized spacial score (nSPS) is 12.3. The predicted molar refractivity (Wildman–Crippen MR) is 70.4 cm³/mol. The first kappa shape index (κ1) is 15.4. The third-order valence-electron chi connectivity index (χ3n) is 2.50. The zero-order chi connectivity index (χ0) is 14.4. The van der Waals surface area contributed by atoms with Crippen LogP contribution in [0.4, 0.5) is 4.39 Å². The van der Waals surface area contributed by atoms with Crippen molar-refractivity contribution in [3.63, 3.8) is 0 Å². The van der Waals surface area contributed by atoms with Gasteiger partial charge in [0, 0.05) is 6.54 Å². The maximum Gasteiger partial charge on any atom is 0.257 e. The number of carbonyl (C=O) groups excluding carboxylic acids is 1. The van der Waals surface area contributed by atoms with Crippen LogP contribution in [0.15, 0.2) is 18.2 Å². The SMILES string of the molecule is CC(C)CNC(=O)COc1ccc(C(C)O)cc1F. The van der Waals surface area contributed by atoms with E-state index in [-0.39, 0.29) is 18.3 Å². The summed E-state index contributed by atoms with van der Waals surface area (Å²) in [4.78, 5) is 11.4. The summed E-state index contributed by atoms with van der Waals surface area (Å²) in [7, 11) is 0. The van der Waals surface area contributed by atoms with Crippen LogP contribution in [-0.2, 0) is 4.79 Å². The molecule has 0 aliphatic carbocycles. The highest BCUT2D eigenvalue weighted by molar-refractivity contribution is 5.77. The van der Waals surface area contributed by atoms with Gasteiger partial charge in [0.2, 0.25) is 0 Å². The number of hydrogen-bond acceptors (Lipinski definition) is 3. The standard InChI is InChI=1S/C14H20FNO3/c1-9(2)7-16-14(18)8-19-13-5-4-11(10(3)17)6-12(13)15/h4-6,9-10,17H,7-8H2,1-3H3,(H,16,18). The van der Waals surface area contributed by atoms with E-state index < -0.39 is 11.9 Å². The van der Waals surface area contributed by atoms with Gasteiger partial charge in [0.15, 0.2) is 18.2 Å². The summed E-state index contributed by atoms with van der Waals surface area (Å²) in [5.41, 5.74) is 0.467. The largest absolute Gasteiger partial charge is 0.481 e. The van der Waals surface area contributed by atoms with Crippen molar-refractivity contribution < 1.29 is 19.0 Å². The van der Waals surface area contributed by atoms with Crippen LogP contribution in [-0.4, -0.2) is 24.2 Å². The molecule has 0 bridgehead atoms. The third-order valence-corrected chi connectivity index (χ3v) is 2.50. The van der Waals surface area contributed by atoms with Crippen molar-refractivity contribution in [3.05, 3.63) is 29.6 Å².